The Kier molecular flexibility index (Phi) is 9.65. The highest BCUT2D eigenvalue weighted by atomic mass is 19.4. The molecule has 0 radical (unpaired) electrons. The van der Waals surface area contributed by atoms with Crippen LogP contribution >= 0.6 is 0 Å². The van der Waals surface area contributed by atoms with E-state index in [2.05, 4.69) is 46.8 Å². The second-order valence-electron chi connectivity index (χ2n) is 10.3. The first-order chi connectivity index (χ1) is 19.6. The van der Waals surface area contributed by atoms with Crippen molar-refractivity contribution < 1.29 is 27.1 Å². The number of hydrogen-bond acceptors (Lipinski definition) is 5. The molecule has 1 amide bonds. The summed E-state index contributed by atoms with van der Waals surface area (Å²) in [4.78, 5) is 14.1. The van der Waals surface area contributed by atoms with Crippen LogP contribution in [0.1, 0.15) is 41.7 Å². The first-order valence-corrected chi connectivity index (χ1v) is 13.5. The van der Waals surface area contributed by atoms with E-state index < -0.39 is 19.6 Å². The molecule has 7 nitrogen and oxygen atoms in total. The second kappa shape index (κ2) is 13.2. The maximum atomic E-state index is 13.6. The van der Waals surface area contributed by atoms with E-state index in [0.717, 1.165) is 31.4 Å². The van der Waals surface area contributed by atoms with Gasteiger partial charge in [-0.2, -0.15) is 13.2 Å². The van der Waals surface area contributed by atoms with Gasteiger partial charge in [0.15, 0.2) is 0 Å². The van der Waals surface area contributed by atoms with Crippen LogP contribution in [0.15, 0.2) is 42.5 Å². The number of carbonyl (C=O) groups is 1. The minimum Gasteiger partial charge on any atom is -0.461 e. The van der Waals surface area contributed by atoms with E-state index in [-0.39, 0.29) is 29.9 Å². The van der Waals surface area contributed by atoms with Gasteiger partial charge >= 0.3 is 6.18 Å². The lowest BCUT2D eigenvalue weighted by molar-refractivity contribution is -0.140. The van der Waals surface area contributed by atoms with Gasteiger partial charge in [-0.3, -0.25) is 4.79 Å². The zero-order valence-electron chi connectivity index (χ0n) is 23.4. The number of alkyl halides is 4. The fourth-order valence-electron chi connectivity index (χ4n) is 5.23. The number of fused-ring (bicyclic) bond motifs is 1. The lowest BCUT2D eigenvalue weighted by Gasteiger charge is -2.33. The summed E-state index contributed by atoms with van der Waals surface area (Å²) in [6.07, 6.45) is -0.337. The largest absolute Gasteiger partial charge is 0.461 e. The third-order valence-electron chi connectivity index (χ3n) is 7.33. The van der Waals surface area contributed by atoms with Gasteiger partial charge < -0.3 is 30.2 Å². The molecule has 1 heterocycles. The first-order valence-electron chi connectivity index (χ1n) is 13.5. The van der Waals surface area contributed by atoms with Crippen molar-refractivity contribution in [1.29, 1.82) is 0 Å². The molecule has 0 unspecified atom stereocenters. The number of carbonyl (C=O) groups excluding carboxylic acids is 1. The smallest absolute Gasteiger partial charge is 0.406 e. The van der Waals surface area contributed by atoms with Gasteiger partial charge in [0.2, 0.25) is 6.86 Å². The first kappa shape index (κ1) is 30.1. The topological polar surface area (TPSA) is 70.6 Å². The number of benzene rings is 2. The molecule has 0 bridgehead atoms. The van der Waals surface area contributed by atoms with Crippen LogP contribution in [0.2, 0.25) is 0 Å². The molecule has 41 heavy (non-hydrogen) atoms. The highest BCUT2D eigenvalue weighted by Crippen LogP contribution is 2.32. The second-order valence-corrected chi connectivity index (χ2v) is 10.3. The van der Waals surface area contributed by atoms with Gasteiger partial charge in [0.25, 0.3) is 5.91 Å². The molecule has 1 saturated carbocycles. The third kappa shape index (κ3) is 7.64. The Morgan fingerprint density at radius 1 is 1.10 bits per heavy atom. The van der Waals surface area contributed by atoms with Gasteiger partial charge in [-0.1, -0.05) is 12.0 Å². The average Bonchev–Trinajstić information content (AvgIpc) is 3.28. The summed E-state index contributed by atoms with van der Waals surface area (Å²) in [6, 6.07) is 12.3. The summed E-state index contributed by atoms with van der Waals surface area (Å²) < 4.78 is 59.8. The van der Waals surface area contributed by atoms with Crippen molar-refractivity contribution >= 4 is 28.2 Å². The van der Waals surface area contributed by atoms with E-state index in [0.29, 0.717) is 28.2 Å². The molecule has 3 aromatic rings. The molecule has 1 aliphatic rings. The standard InChI is InChI=1S/C30H35F4N5O2/c1-35-29(40)20-9-14-26(28(16-20)41-19-31)36-15-5-6-23-17-24-25(37-21-10-12-22(13-11-21)38(2)3)7-4-8-27(24)39(23)18-30(32,33)34/h4,7-9,14,16-17,21-22,36-37H,10-13,15,18-19H2,1-3H3,(H,35,40)/t21-,22-. The molecule has 11 heteroatoms. The van der Waals surface area contributed by atoms with E-state index in [1.165, 1.54) is 17.7 Å². The van der Waals surface area contributed by atoms with E-state index in [1.807, 2.05) is 6.07 Å². The van der Waals surface area contributed by atoms with Crippen molar-refractivity contribution in [2.24, 2.45) is 0 Å². The summed E-state index contributed by atoms with van der Waals surface area (Å²) in [7, 11) is 5.65. The highest BCUT2D eigenvalue weighted by molar-refractivity contribution is 5.95. The lowest BCUT2D eigenvalue weighted by Crippen LogP contribution is -2.36. The number of halogens is 4. The molecular weight excluding hydrogens is 538 g/mol. The molecule has 1 aliphatic carbocycles. The Bertz CT molecular complexity index is 1420. The summed E-state index contributed by atoms with van der Waals surface area (Å²) in [5, 5.41) is 9.72. The molecule has 0 saturated heterocycles. The average molecular weight is 574 g/mol. The van der Waals surface area contributed by atoms with Crippen LogP contribution in [0.3, 0.4) is 0 Å². The van der Waals surface area contributed by atoms with Gasteiger partial charge in [-0.25, -0.2) is 4.39 Å². The van der Waals surface area contributed by atoms with Gasteiger partial charge in [0, 0.05) is 35.8 Å². The molecule has 4 rings (SSSR count). The normalized spacial score (nSPS) is 17.2. The molecule has 0 atom stereocenters. The van der Waals surface area contributed by atoms with Crippen molar-refractivity contribution in [2.45, 2.75) is 50.5 Å². The van der Waals surface area contributed by atoms with Crippen LogP contribution < -0.4 is 20.7 Å². The number of aromatic nitrogens is 1. The zero-order chi connectivity index (χ0) is 29.6. The summed E-state index contributed by atoms with van der Waals surface area (Å²) >= 11 is 0. The molecule has 1 aromatic heterocycles. The van der Waals surface area contributed by atoms with Gasteiger partial charge in [-0.05, 0) is 82.1 Å². The molecular formula is C30H35F4N5O2. The van der Waals surface area contributed by atoms with Crippen LogP contribution in [0.4, 0.5) is 28.9 Å². The SMILES string of the molecule is CNC(=O)c1ccc(NCC#Cc2cc3c(N[C@H]4CC[C@H](N(C)C)CC4)cccc3n2CC(F)(F)F)c(OCF)c1. The molecule has 0 aliphatic heterocycles. The monoisotopic (exact) mass is 573 g/mol. The number of amides is 1. The maximum absolute atomic E-state index is 13.6. The Balaban J connectivity index is 1.56. The Morgan fingerprint density at radius 3 is 2.51 bits per heavy atom. The Hall–Kier alpha value is -3.91. The summed E-state index contributed by atoms with van der Waals surface area (Å²) in [5.41, 5.74) is 2.17. The zero-order valence-corrected chi connectivity index (χ0v) is 23.4. The van der Waals surface area contributed by atoms with Crippen LogP contribution in [-0.4, -0.2) is 68.2 Å². The Labute approximate surface area is 237 Å². The highest BCUT2D eigenvalue weighted by Gasteiger charge is 2.30. The molecule has 1 fully saturated rings. The van der Waals surface area contributed by atoms with Crippen molar-refractivity contribution in [3.05, 3.63) is 53.7 Å². The molecule has 3 N–H and O–H groups in total. The molecule has 220 valence electrons. The van der Waals surface area contributed by atoms with Crippen LogP contribution in [0, 0.1) is 11.8 Å². The van der Waals surface area contributed by atoms with Crippen molar-refractivity contribution in [2.75, 3.05) is 45.2 Å². The quantitative estimate of drug-likeness (QED) is 0.229. The number of nitrogens with zero attached hydrogens (tertiary/aromatic N) is 2. The van der Waals surface area contributed by atoms with Crippen molar-refractivity contribution in [1.82, 2.24) is 14.8 Å². The molecule has 0 spiro atoms. The maximum Gasteiger partial charge on any atom is 0.406 e. The van der Waals surface area contributed by atoms with Crippen molar-refractivity contribution in [3.8, 4) is 17.6 Å². The number of rotatable bonds is 9. The van der Waals surface area contributed by atoms with E-state index in [4.69, 9.17) is 4.74 Å². The van der Waals surface area contributed by atoms with Crippen LogP contribution in [0.25, 0.3) is 10.9 Å². The Morgan fingerprint density at radius 2 is 1.85 bits per heavy atom. The van der Waals surface area contributed by atoms with E-state index >= 15 is 0 Å². The number of ether oxygens (including phenoxy) is 1. The summed E-state index contributed by atoms with van der Waals surface area (Å²) in [6.45, 7) is -2.21. The fourth-order valence-corrected chi connectivity index (χ4v) is 5.23. The van der Waals surface area contributed by atoms with Crippen LogP contribution in [-0.2, 0) is 6.54 Å². The number of anilines is 2. The minimum absolute atomic E-state index is 0.0513. The number of nitrogens with one attached hydrogen (secondary N) is 3. The lowest BCUT2D eigenvalue weighted by atomic mass is 9.90. The predicted octanol–water partition coefficient (Wildman–Crippen LogP) is 5.62. The van der Waals surface area contributed by atoms with E-state index in [9.17, 15) is 22.4 Å². The number of hydrogen-bond donors (Lipinski definition) is 3. The minimum atomic E-state index is -4.43. The van der Waals surface area contributed by atoms with Gasteiger partial charge in [-0.15, -0.1) is 0 Å². The van der Waals surface area contributed by atoms with Crippen LogP contribution in [0.5, 0.6) is 5.75 Å². The predicted molar refractivity (Wildman–Crippen MR) is 153 cm³/mol. The van der Waals surface area contributed by atoms with Gasteiger partial charge in [0.1, 0.15) is 12.3 Å². The van der Waals surface area contributed by atoms with E-state index in [1.54, 1.807) is 30.3 Å². The van der Waals surface area contributed by atoms with Crippen molar-refractivity contribution in [3.63, 3.8) is 0 Å². The summed E-state index contributed by atoms with van der Waals surface area (Å²) in [5.74, 6) is 5.51. The van der Waals surface area contributed by atoms with Gasteiger partial charge in [0.05, 0.1) is 23.4 Å². The molecule has 2 aromatic carbocycles. The fraction of sp³-hybridized carbons (Fsp3) is 0.433. The third-order valence-corrected chi connectivity index (χ3v) is 7.33.